The standard InChI is InChI=1S/C28H40N4O3/c1-6-16-35-22-14-12-20(13-15-22)18-31-25(33)23-17-24(27(2,3)4)30-32(23)19-28(31,5)26(34)29-21-10-8-7-9-11-21/h12-15,17,21H,6-11,16,18-19H2,1-5H3,(H,29,34)/t28-/m1/s1. The van der Waals surface area contributed by atoms with Gasteiger partial charge in [0.25, 0.3) is 5.91 Å². The molecule has 2 aromatic rings. The lowest BCUT2D eigenvalue weighted by atomic mass is 9.90. The Balaban J connectivity index is 1.64. The average Bonchev–Trinajstić information content (AvgIpc) is 3.26. The zero-order chi connectivity index (χ0) is 25.2. The Bertz CT molecular complexity index is 1050. The highest BCUT2D eigenvalue weighted by Gasteiger charge is 2.48. The molecule has 2 amide bonds. The van der Waals surface area contributed by atoms with E-state index in [1.165, 1.54) is 6.42 Å². The second-order valence-corrected chi connectivity index (χ2v) is 11.3. The van der Waals surface area contributed by atoms with Gasteiger partial charge in [-0.2, -0.15) is 5.10 Å². The van der Waals surface area contributed by atoms with Crippen LogP contribution in [0.5, 0.6) is 5.75 Å². The van der Waals surface area contributed by atoms with Crippen LogP contribution in [0.15, 0.2) is 30.3 Å². The van der Waals surface area contributed by atoms with Gasteiger partial charge in [0.1, 0.15) is 17.0 Å². The Hall–Kier alpha value is -2.83. The van der Waals surface area contributed by atoms with Crippen molar-refractivity contribution >= 4 is 11.8 Å². The van der Waals surface area contributed by atoms with Crippen molar-refractivity contribution in [1.29, 1.82) is 0 Å². The molecule has 1 atom stereocenters. The third kappa shape index (κ3) is 5.39. The quantitative estimate of drug-likeness (QED) is 0.616. The number of nitrogens with one attached hydrogen (secondary N) is 1. The summed E-state index contributed by atoms with van der Waals surface area (Å²) in [4.78, 5) is 29.3. The van der Waals surface area contributed by atoms with Crippen LogP contribution in [0.25, 0.3) is 0 Å². The van der Waals surface area contributed by atoms with Crippen LogP contribution in [0.3, 0.4) is 0 Å². The summed E-state index contributed by atoms with van der Waals surface area (Å²) in [6.07, 6.45) is 6.43. The van der Waals surface area contributed by atoms with Gasteiger partial charge in [0.15, 0.2) is 0 Å². The number of carbonyl (C=O) groups is 2. The molecule has 2 aliphatic rings. The lowest BCUT2D eigenvalue weighted by Crippen LogP contribution is -2.64. The van der Waals surface area contributed by atoms with Crippen molar-refractivity contribution in [2.24, 2.45) is 0 Å². The number of carbonyl (C=O) groups excluding carboxylic acids is 2. The van der Waals surface area contributed by atoms with Gasteiger partial charge < -0.3 is 15.0 Å². The second kappa shape index (κ2) is 10.0. The topological polar surface area (TPSA) is 76.5 Å². The van der Waals surface area contributed by atoms with Crippen LogP contribution in [-0.4, -0.2) is 44.7 Å². The molecule has 1 saturated carbocycles. The number of rotatable bonds is 7. The van der Waals surface area contributed by atoms with Gasteiger partial charge >= 0.3 is 0 Å². The molecule has 7 heteroatoms. The fraction of sp³-hybridized carbons (Fsp3) is 0.607. The summed E-state index contributed by atoms with van der Waals surface area (Å²) in [5.41, 5.74) is 1.13. The van der Waals surface area contributed by atoms with Crippen molar-refractivity contribution in [1.82, 2.24) is 20.0 Å². The fourth-order valence-corrected chi connectivity index (χ4v) is 4.94. The first-order chi connectivity index (χ1) is 16.6. The first-order valence-electron chi connectivity index (χ1n) is 13.0. The summed E-state index contributed by atoms with van der Waals surface area (Å²) < 4.78 is 7.45. The molecule has 2 heterocycles. The van der Waals surface area contributed by atoms with Crippen LogP contribution in [0.2, 0.25) is 0 Å². The second-order valence-electron chi connectivity index (χ2n) is 11.3. The van der Waals surface area contributed by atoms with E-state index in [4.69, 9.17) is 9.84 Å². The molecule has 0 saturated heterocycles. The molecule has 0 bridgehead atoms. The van der Waals surface area contributed by atoms with E-state index in [1.807, 2.05) is 37.3 Å². The number of fused-ring (bicyclic) bond motifs is 1. The molecular weight excluding hydrogens is 440 g/mol. The van der Waals surface area contributed by atoms with E-state index in [-0.39, 0.29) is 23.3 Å². The normalized spacial score (nSPS) is 21.1. The molecule has 1 aromatic heterocycles. The summed E-state index contributed by atoms with van der Waals surface area (Å²) in [5.74, 6) is 0.553. The van der Waals surface area contributed by atoms with E-state index in [9.17, 15) is 9.59 Å². The summed E-state index contributed by atoms with van der Waals surface area (Å²) in [6, 6.07) is 9.87. The van der Waals surface area contributed by atoms with Gasteiger partial charge in [-0.1, -0.05) is 59.1 Å². The fourth-order valence-electron chi connectivity index (χ4n) is 4.94. The first-order valence-corrected chi connectivity index (χ1v) is 13.0. The number of nitrogens with zero attached hydrogens (tertiary/aromatic N) is 3. The van der Waals surface area contributed by atoms with Crippen LogP contribution in [0.1, 0.15) is 94.9 Å². The molecule has 0 spiro atoms. The van der Waals surface area contributed by atoms with E-state index in [0.717, 1.165) is 49.1 Å². The van der Waals surface area contributed by atoms with Gasteiger partial charge in [0.05, 0.1) is 18.8 Å². The van der Waals surface area contributed by atoms with Gasteiger partial charge in [-0.25, -0.2) is 0 Å². The van der Waals surface area contributed by atoms with Crippen molar-refractivity contribution in [3.63, 3.8) is 0 Å². The predicted molar refractivity (Wildman–Crippen MR) is 136 cm³/mol. The molecule has 1 aromatic carbocycles. The molecule has 4 rings (SSSR count). The molecule has 190 valence electrons. The number of hydrogen-bond acceptors (Lipinski definition) is 4. The SMILES string of the molecule is CCCOc1ccc(CN2C(=O)c3cc(C(C)(C)C)nn3C[C@]2(C)C(=O)NC2CCCCC2)cc1. The van der Waals surface area contributed by atoms with E-state index in [2.05, 4.69) is 33.0 Å². The summed E-state index contributed by atoms with van der Waals surface area (Å²) >= 11 is 0. The highest BCUT2D eigenvalue weighted by Crippen LogP contribution is 2.32. The lowest BCUT2D eigenvalue weighted by Gasteiger charge is -2.44. The summed E-state index contributed by atoms with van der Waals surface area (Å²) in [6.45, 7) is 11.6. The molecule has 0 unspecified atom stereocenters. The zero-order valence-electron chi connectivity index (χ0n) is 21.9. The number of ether oxygens (including phenoxy) is 1. The Morgan fingerprint density at radius 1 is 1.17 bits per heavy atom. The van der Waals surface area contributed by atoms with Crippen molar-refractivity contribution in [2.45, 2.75) is 103 Å². The Morgan fingerprint density at radius 2 is 1.86 bits per heavy atom. The lowest BCUT2D eigenvalue weighted by molar-refractivity contribution is -0.134. The highest BCUT2D eigenvalue weighted by atomic mass is 16.5. The van der Waals surface area contributed by atoms with Crippen molar-refractivity contribution in [3.05, 3.63) is 47.3 Å². The van der Waals surface area contributed by atoms with Crippen LogP contribution in [0, 0.1) is 0 Å². The third-order valence-electron chi connectivity index (χ3n) is 7.23. The average molecular weight is 481 g/mol. The van der Waals surface area contributed by atoms with Gasteiger partial charge in [-0.05, 0) is 49.9 Å². The number of aromatic nitrogens is 2. The Kier molecular flexibility index (Phi) is 7.25. The molecular formula is C28H40N4O3. The summed E-state index contributed by atoms with van der Waals surface area (Å²) in [5, 5.41) is 8.02. The van der Waals surface area contributed by atoms with E-state index in [1.54, 1.807) is 9.58 Å². The van der Waals surface area contributed by atoms with Gasteiger partial charge in [0, 0.05) is 18.0 Å². The Morgan fingerprint density at radius 3 is 2.49 bits per heavy atom. The zero-order valence-corrected chi connectivity index (χ0v) is 21.9. The van der Waals surface area contributed by atoms with E-state index >= 15 is 0 Å². The molecule has 1 aliphatic heterocycles. The van der Waals surface area contributed by atoms with E-state index in [0.29, 0.717) is 25.4 Å². The number of amides is 2. The number of benzene rings is 1. The number of hydrogen-bond donors (Lipinski definition) is 1. The molecule has 1 fully saturated rings. The molecule has 1 N–H and O–H groups in total. The van der Waals surface area contributed by atoms with Gasteiger partial charge in [0.2, 0.25) is 5.91 Å². The highest BCUT2D eigenvalue weighted by molar-refractivity contribution is 5.99. The van der Waals surface area contributed by atoms with Crippen molar-refractivity contribution < 1.29 is 14.3 Å². The van der Waals surface area contributed by atoms with Crippen LogP contribution < -0.4 is 10.1 Å². The van der Waals surface area contributed by atoms with Gasteiger partial charge in [-0.3, -0.25) is 14.3 Å². The van der Waals surface area contributed by atoms with E-state index < -0.39 is 5.54 Å². The molecule has 35 heavy (non-hydrogen) atoms. The van der Waals surface area contributed by atoms with Crippen LogP contribution >= 0.6 is 0 Å². The predicted octanol–water partition coefficient (Wildman–Crippen LogP) is 4.83. The minimum atomic E-state index is -1.04. The maximum atomic E-state index is 13.8. The maximum Gasteiger partial charge on any atom is 0.273 e. The van der Waals surface area contributed by atoms with Crippen molar-refractivity contribution in [3.8, 4) is 5.75 Å². The monoisotopic (exact) mass is 480 g/mol. The molecule has 7 nitrogen and oxygen atoms in total. The first kappa shape index (κ1) is 25.3. The molecule has 0 radical (unpaired) electrons. The maximum absolute atomic E-state index is 13.8. The minimum absolute atomic E-state index is 0.0980. The van der Waals surface area contributed by atoms with Crippen LogP contribution in [0.4, 0.5) is 0 Å². The van der Waals surface area contributed by atoms with Crippen molar-refractivity contribution in [2.75, 3.05) is 6.61 Å². The van der Waals surface area contributed by atoms with Crippen LogP contribution in [-0.2, 0) is 23.3 Å². The molecule has 1 aliphatic carbocycles. The largest absolute Gasteiger partial charge is 0.494 e. The Labute approximate surface area is 209 Å². The van der Waals surface area contributed by atoms with Gasteiger partial charge in [-0.15, -0.1) is 0 Å². The summed E-state index contributed by atoms with van der Waals surface area (Å²) in [7, 11) is 0. The smallest absolute Gasteiger partial charge is 0.273 e. The third-order valence-corrected chi connectivity index (χ3v) is 7.23. The minimum Gasteiger partial charge on any atom is -0.494 e.